The van der Waals surface area contributed by atoms with E-state index in [2.05, 4.69) is 0 Å². The van der Waals surface area contributed by atoms with Crippen molar-refractivity contribution in [3.05, 3.63) is 0 Å². The topological polar surface area (TPSA) is 329 Å². The van der Waals surface area contributed by atoms with E-state index in [1.165, 1.54) is 0 Å². The van der Waals surface area contributed by atoms with Gasteiger partial charge < -0.3 is 76.2 Å². The fourth-order valence-corrected chi connectivity index (χ4v) is 6.80. The Hall–Kier alpha value is -5.54. The smallest absolute Gasteiger partial charge is 0.303 e. The fourth-order valence-electron chi connectivity index (χ4n) is 6.80. The molecular formula is C38H52O26. The molecule has 26 heteroatoms. The number of aliphatic hydroxyl groups excluding tert-OH is 1. The van der Waals surface area contributed by atoms with Crippen LogP contribution in [0.3, 0.4) is 0 Å². The third kappa shape index (κ3) is 15.6. The second-order valence-electron chi connectivity index (χ2n) is 14.3. The number of rotatable bonds is 17. The summed E-state index contributed by atoms with van der Waals surface area (Å²) in [5.74, 6) is -9.44. The largest absolute Gasteiger partial charge is 0.463 e. The van der Waals surface area contributed by atoms with E-state index >= 15 is 0 Å². The highest BCUT2D eigenvalue weighted by Crippen LogP contribution is 2.36. The summed E-state index contributed by atoms with van der Waals surface area (Å²) in [6.45, 7) is 7.78. The first-order valence-electron chi connectivity index (χ1n) is 19.4. The summed E-state index contributed by atoms with van der Waals surface area (Å²) in [4.78, 5) is 123. The summed E-state index contributed by atoms with van der Waals surface area (Å²) >= 11 is 0. The highest BCUT2D eigenvalue weighted by atomic mass is 16.8. The van der Waals surface area contributed by atoms with Crippen molar-refractivity contribution in [1.82, 2.24) is 0 Å². The first-order valence-corrected chi connectivity index (χ1v) is 19.4. The van der Waals surface area contributed by atoms with Gasteiger partial charge in [-0.25, -0.2) is 0 Å². The Kier molecular flexibility index (Phi) is 19.8. The molecule has 64 heavy (non-hydrogen) atoms. The van der Waals surface area contributed by atoms with Gasteiger partial charge in [0.05, 0.1) is 6.61 Å². The van der Waals surface area contributed by atoms with Crippen LogP contribution < -0.4 is 0 Å². The number of hydrogen-bond donors (Lipinski definition) is 1. The van der Waals surface area contributed by atoms with Gasteiger partial charge in [0, 0.05) is 69.2 Å². The molecule has 0 aromatic carbocycles. The first kappa shape index (κ1) is 52.8. The van der Waals surface area contributed by atoms with Gasteiger partial charge in [0.25, 0.3) is 0 Å². The van der Waals surface area contributed by atoms with Crippen LogP contribution in [0.1, 0.15) is 69.2 Å². The lowest BCUT2D eigenvalue weighted by molar-refractivity contribution is -0.363. The maximum Gasteiger partial charge on any atom is 0.303 e. The molecule has 0 aromatic rings. The van der Waals surface area contributed by atoms with E-state index in [1.807, 2.05) is 0 Å². The van der Waals surface area contributed by atoms with Gasteiger partial charge in [0.1, 0.15) is 37.6 Å². The molecule has 0 aromatic heterocycles. The predicted molar refractivity (Wildman–Crippen MR) is 197 cm³/mol. The molecule has 3 aliphatic rings. The quantitative estimate of drug-likeness (QED) is 0.123. The minimum absolute atomic E-state index is 0.623. The van der Waals surface area contributed by atoms with E-state index in [9.17, 15) is 53.1 Å². The summed E-state index contributed by atoms with van der Waals surface area (Å²) in [5.41, 5.74) is 0. The Bertz CT molecular complexity index is 1730. The molecule has 0 saturated carbocycles. The van der Waals surface area contributed by atoms with E-state index in [0.717, 1.165) is 69.2 Å². The molecule has 3 aliphatic heterocycles. The van der Waals surface area contributed by atoms with Crippen LogP contribution in [0, 0.1) is 0 Å². The Balaban J connectivity index is 2.16. The van der Waals surface area contributed by atoms with Crippen molar-refractivity contribution in [3.8, 4) is 0 Å². The molecule has 3 heterocycles. The van der Waals surface area contributed by atoms with Crippen molar-refractivity contribution < 1.29 is 124 Å². The molecule has 0 radical (unpaired) electrons. The van der Waals surface area contributed by atoms with Gasteiger partial charge >= 0.3 is 59.7 Å². The standard InChI is InChI=1S/C38H52O26/c1-14(39)50-11-25-28(54-17(4)42)31(56-19(6)44)34(59-22(9)47)37(62-25)52-13-24-27(53-16(3)41)30(33(36(49)61-24)58-21(8)46)64-38-35(60-23(10)48)32(57-20(7)45)29(55-18(5)43)26(63-38)12-51-15(2)40/h24-38,49H,11-13H2,1-10H3/t24-,25-,26-,27-,28-,29-,30+,31+,32+,33-,34-,35-,36+,37-,38+/m1/s1. The van der Waals surface area contributed by atoms with E-state index in [1.54, 1.807) is 0 Å². The van der Waals surface area contributed by atoms with Crippen LogP contribution in [0.4, 0.5) is 0 Å². The lowest BCUT2D eigenvalue weighted by Gasteiger charge is -2.48. The highest BCUT2D eigenvalue weighted by molar-refractivity contribution is 5.70. The minimum Gasteiger partial charge on any atom is -0.463 e. The molecule has 3 rings (SSSR count). The third-order valence-electron chi connectivity index (χ3n) is 8.83. The Labute approximate surface area is 364 Å². The van der Waals surface area contributed by atoms with Gasteiger partial charge in [-0.3, -0.25) is 47.9 Å². The van der Waals surface area contributed by atoms with Crippen molar-refractivity contribution in [2.24, 2.45) is 0 Å². The van der Waals surface area contributed by atoms with E-state index < -0.39 is 172 Å². The average Bonchev–Trinajstić information content (AvgIpc) is 3.14. The number of carbonyl (C=O) groups is 10. The Morgan fingerprint density at radius 3 is 1.02 bits per heavy atom. The number of aliphatic hydroxyl groups is 1. The second-order valence-corrected chi connectivity index (χ2v) is 14.3. The Morgan fingerprint density at radius 2 is 0.641 bits per heavy atom. The molecule has 0 amide bonds. The SMILES string of the molecule is CC(=O)OC[C@H]1O[C@@H](OC[C@H]2O[C@H](O)[C@H](OC(C)=O)[C@@H](O[C@@H]3O[C@H](COC(C)=O)[C@@H](OC(C)=O)[C@H](OC(C)=O)[C@H]3OC(C)=O)[C@@H]2OC(C)=O)[C@H](OC(C)=O)[C@@H](OC(C)=O)[C@@H]1OC(C)=O. The van der Waals surface area contributed by atoms with Crippen molar-refractivity contribution in [1.29, 1.82) is 0 Å². The molecule has 3 saturated heterocycles. The Morgan fingerprint density at radius 1 is 0.344 bits per heavy atom. The van der Waals surface area contributed by atoms with Crippen LogP contribution in [0.15, 0.2) is 0 Å². The molecule has 0 spiro atoms. The summed E-state index contributed by atoms with van der Waals surface area (Å²) in [6, 6.07) is 0. The van der Waals surface area contributed by atoms with Crippen molar-refractivity contribution >= 4 is 59.7 Å². The van der Waals surface area contributed by atoms with Gasteiger partial charge in [-0.2, -0.15) is 0 Å². The number of ether oxygens (including phenoxy) is 15. The van der Waals surface area contributed by atoms with Crippen LogP contribution in [0.25, 0.3) is 0 Å². The van der Waals surface area contributed by atoms with Crippen LogP contribution in [0.2, 0.25) is 0 Å². The van der Waals surface area contributed by atoms with Crippen LogP contribution in [-0.2, 0) is 119 Å². The molecule has 26 nitrogen and oxygen atoms in total. The van der Waals surface area contributed by atoms with Gasteiger partial charge in [0.15, 0.2) is 67.7 Å². The maximum absolute atomic E-state index is 12.7. The number of hydrogen-bond acceptors (Lipinski definition) is 26. The van der Waals surface area contributed by atoms with Crippen molar-refractivity contribution in [2.75, 3.05) is 19.8 Å². The summed E-state index contributed by atoms with van der Waals surface area (Å²) in [7, 11) is 0. The highest BCUT2D eigenvalue weighted by Gasteiger charge is 2.58. The molecular weight excluding hydrogens is 872 g/mol. The van der Waals surface area contributed by atoms with Gasteiger partial charge in [-0.05, 0) is 0 Å². The van der Waals surface area contributed by atoms with E-state index in [-0.39, 0.29) is 0 Å². The molecule has 0 aliphatic carbocycles. The maximum atomic E-state index is 12.7. The lowest BCUT2D eigenvalue weighted by Crippen LogP contribution is -2.67. The van der Waals surface area contributed by atoms with Gasteiger partial charge in [-0.15, -0.1) is 0 Å². The fraction of sp³-hybridized carbons (Fsp3) is 0.737. The number of carbonyl (C=O) groups excluding carboxylic acids is 10. The van der Waals surface area contributed by atoms with Crippen molar-refractivity contribution in [2.45, 2.75) is 161 Å². The molecule has 0 bridgehead atoms. The zero-order valence-corrected chi connectivity index (χ0v) is 36.4. The molecule has 3 fully saturated rings. The van der Waals surface area contributed by atoms with E-state index in [0.29, 0.717) is 0 Å². The molecule has 0 unspecified atom stereocenters. The molecule has 1 N–H and O–H groups in total. The van der Waals surface area contributed by atoms with Crippen LogP contribution >= 0.6 is 0 Å². The third-order valence-corrected chi connectivity index (χ3v) is 8.83. The normalized spacial score (nSPS) is 32.3. The monoisotopic (exact) mass is 924 g/mol. The zero-order chi connectivity index (χ0) is 48.2. The van der Waals surface area contributed by atoms with Gasteiger partial charge in [-0.1, -0.05) is 0 Å². The summed E-state index contributed by atoms with van der Waals surface area (Å²) in [6.07, 6.45) is -26.5. The zero-order valence-electron chi connectivity index (χ0n) is 36.4. The predicted octanol–water partition coefficient (Wildman–Crippen LogP) is -1.86. The van der Waals surface area contributed by atoms with Crippen LogP contribution in [0.5, 0.6) is 0 Å². The molecule has 360 valence electrons. The summed E-state index contributed by atoms with van der Waals surface area (Å²) < 4.78 is 83.5. The minimum atomic E-state index is -2.17. The lowest BCUT2D eigenvalue weighted by atomic mass is 9.95. The van der Waals surface area contributed by atoms with Crippen molar-refractivity contribution in [3.63, 3.8) is 0 Å². The summed E-state index contributed by atoms with van der Waals surface area (Å²) in [5, 5.41) is 11.4. The average molecular weight is 925 g/mol. The molecule has 15 atom stereocenters. The van der Waals surface area contributed by atoms with Gasteiger partial charge in [0.2, 0.25) is 0 Å². The first-order chi connectivity index (χ1) is 29.9. The number of esters is 10. The van der Waals surface area contributed by atoms with Crippen LogP contribution in [-0.4, -0.2) is 177 Å². The second kappa shape index (κ2) is 23.9. The van der Waals surface area contributed by atoms with E-state index in [4.69, 9.17) is 71.1 Å².